The van der Waals surface area contributed by atoms with Crippen LogP contribution in [0.15, 0.2) is 18.5 Å². The molecule has 0 aliphatic heterocycles. The maximum absolute atomic E-state index is 6.25. The van der Waals surface area contributed by atoms with Gasteiger partial charge in [0.2, 0.25) is 0 Å². The molecule has 0 amide bonds. The maximum Gasteiger partial charge on any atom is 0.141 e. The summed E-state index contributed by atoms with van der Waals surface area (Å²) in [5.74, 6) is 0.688. The molecule has 2 aromatic rings. The molecule has 0 aliphatic rings. The number of methoxy groups -OCH3 is 1. The van der Waals surface area contributed by atoms with Crippen molar-refractivity contribution < 1.29 is 4.74 Å². The predicted octanol–water partition coefficient (Wildman–Crippen LogP) is 2.03. The van der Waals surface area contributed by atoms with Crippen LogP contribution in [0.25, 0.3) is 0 Å². The van der Waals surface area contributed by atoms with Crippen molar-refractivity contribution in [3.8, 4) is 5.75 Å². The molecular formula is C13H17ClN4O. The van der Waals surface area contributed by atoms with Crippen LogP contribution in [0.3, 0.4) is 0 Å². The van der Waals surface area contributed by atoms with Gasteiger partial charge in [0.25, 0.3) is 0 Å². The van der Waals surface area contributed by atoms with Crippen LogP contribution in [-0.4, -0.2) is 21.9 Å². The first-order chi connectivity index (χ1) is 9.04. The maximum atomic E-state index is 6.25. The van der Waals surface area contributed by atoms with Gasteiger partial charge in [0.15, 0.2) is 0 Å². The first kappa shape index (κ1) is 13.8. The Morgan fingerprint density at radius 1 is 1.53 bits per heavy atom. The van der Waals surface area contributed by atoms with E-state index >= 15 is 0 Å². The number of aromatic nitrogens is 3. The fourth-order valence-electron chi connectivity index (χ4n) is 2.10. The van der Waals surface area contributed by atoms with Crippen molar-refractivity contribution in [3.05, 3.63) is 40.4 Å². The first-order valence-electron chi connectivity index (χ1n) is 5.96. The third-order valence-corrected chi connectivity index (χ3v) is 3.60. The molecule has 2 N–H and O–H groups in total. The predicted molar refractivity (Wildman–Crippen MR) is 74.4 cm³/mol. The van der Waals surface area contributed by atoms with Crippen LogP contribution in [0.5, 0.6) is 5.75 Å². The molecule has 19 heavy (non-hydrogen) atoms. The minimum Gasteiger partial charge on any atom is -0.495 e. The molecule has 0 bridgehead atoms. The van der Waals surface area contributed by atoms with E-state index in [0.29, 0.717) is 17.3 Å². The van der Waals surface area contributed by atoms with E-state index in [0.717, 1.165) is 16.8 Å². The molecule has 0 radical (unpaired) electrons. The molecule has 0 fully saturated rings. The Bertz CT molecular complexity index is 582. The summed E-state index contributed by atoms with van der Waals surface area (Å²) in [5, 5.41) is 4.91. The Morgan fingerprint density at radius 3 is 2.84 bits per heavy atom. The number of nitrogens with two attached hydrogens (primary N) is 1. The van der Waals surface area contributed by atoms with Gasteiger partial charge in [-0.05, 0) is 19.4 Å². The normalized spacial score (nSPS) is 12.5. The Labute approximate surface area is 117 Å². The smallest absolute Gasteiger partial charge is 0.141 e. The summed E-state index contributed by atoms with van der Waals surface area (Å²) in [5.41, 5.74) is 9.03. The molecule has 1 atom stereocenters. The number of nitrogens with zero attached hydrogens (tertiary/aromatic N) is 3. The Kier molecular flexibility index (Phi) is 4.07. The molecule has 1 unspecified atom stereocenters. The van der Waals surface area contributed by atoms with E-state index in [1.165, 1.54) is 0 Å². The summed E-state index contributed by atoms with van der Waals surface area (Å²) in [6.45, 7) is 1.93. The van der Waals surface area contributed by atoms with Crippen LogP contribution in [0.2, 0.25) is 5.15 Å². The third kappa shape index (κ3) is 2.72. The number of hydrogen-bond donors (Lipinski definition) is 1. The number of rotatable bonds is 4. The topological polar surface area (TPSA) is 66.0 Å². The molecule has 6 heteroatoms. The van der Waals surface area contributed by atoms with E-state index in [1.54, 1.807) is 24.2 Å². The van der Waals surface area contributed by atoms with E-state index in [1.807, 2.05) is 20.0 Å². The minimum absolute atomic E-state index is 0.210. The number of ether oxygens (including phenoxy) is 1. The van der Waals surface area contributed by atoms with E-state index < -0.39 is 0 Å². The van der Waals surface area contributed by atoms with Crippen molar-refractivity contribution >= 4 is 11.6 Å². The third-order valence-electron chi connectivity index (χ3n) is 3.13. The van der Waals surface area contributed by atoms with Gasteiger partial charge in [-0.15, -0.1) is 0 Å². The van der Waals surface area contributed by atoms with Gasteiger partial charge in [-0.1, -0.05) is 11.6 Å². The summed E-state index contributed by atoms with van der Waals surface area (Å²) in [6, 6.07) is 1.65. The second-order valence-corrected chi connectivity index (χ2v) is 4.76. The van der Waals surface area contributed by atoms with Gasteiger partial charge in [0.05, 0.1) is 19.0 Å². The average Bonchev–Trinajstić information content (AvgIpc) is 2.65. The van der Waals surface area contributed by atoms with Gasteiger partial charge in [0.1, 0.15) is 10.9 Å². The Morgan fingerprint density at radius 2 is 2.26 bits per heavy atom. The highest BCUT2D eigenvalue weighted by Gasteiger charge is 2.18. The van der Waals surface area contributed by atoms with Crippen LogP contribution in [0.1, 0.15) is 22.9 Å². The van der Waals surface area contributed by atoms with Gasteiger partial charge in [0, 0.05) is 30.4 Å². The molecule has 0 aliphatic carbocycles. The van der Waals surface area contributed by atoms with Crippen LogP contribution in [0.4, 0.5) is 0 Å². The molecule has 2 heterocycles. The molecule has 0 aromatic carbocycles. The van der Waals surface area contributed by atoms with Gasteiger partial charge in [-0.3, -0.25) is 9.67 Å². The van der Waals surface area contributed by atoms with Crippen molar-refractivity contribution in [1.82, 2.24) is 14.8 Å². The van der Waals surface area contributed by atoms with Crippen LogP contribution >= 0.6 is 11.6 Å². The Balaban J connectivity index is 2.28. The van der Waals surface area contributed by atoms with Gasteiger partial charge < -0.3 is 10.5 Å². The monoisotopic (exact) mass is 280 g/mol. The SMILES string of the molecule is COc1cnccc1C(N)Cc1c(C)nn(C)c1Cl. The first-order valence-corrected chi connectivity index (χ1v) is 6.33. The van der Waals surface area contributed by atoms with Gasteiger partial charge in [-0.25, -0.2) is 0 Å². The lowest BCUT2D eigenvalue weighted by Gasteiger charge is -2.15. The van der Waals surface area contributed by atoms with Gasteiger partial charge in [-0.2, -0.15) is 5.10 Å². The summed E-state index contributed by atoms with van der Waals surface area (Å²) < 4.78 is 6.93. The van der Waals surface area contributed by atoms with E-state index in [9.17, 15) is 0 Å². The van der Waals surface area contributed by atoms with Crippen molar-refractivity contribution in [2.75, 3.05) is 7.11 Å². The van der Waals surface area contributed by atoms with Crippen molar-refractivity contribution in [3.63, 3.8) is 0 Å². The summed E-state index contributed by atoms with van der Waals surface area (Å²) in [6.07, 6.45) is 3.97. The molecule has 102 valence electrons. The quantitative estimate of drug-likeness (QED) is 0.931. The molecule has 5 nitrogen and oxygen atoms in total. The number of hydrogen-bond acceptors (Lipinski definition) is 4. The number of halogens is 1. The fraction of sp³-hybridized carbons (Fsp3) is 0.385. The van der Waals surface area contributed by atoms with Crippen LogP contribution < -0.4 is 10.5 Å². The highest BCUT2D eigenvalue weighted by molar-refractivity contribution is 6.30. The van der Waals surface area contributed by atoms with Crippen LogP contribution in [-0.2, 0) is 13.5 Å². The Hall–Kier alpha value is -1.59. The molecular weight excluding hydrogens is 264 g/mol. The number of pyridine rings is 1. The van der Waals surface area contributed by atoms with Crippen LogP contribution in [0, 0.1) is 6.92 Å². The van der Waals surface area contributed by atoms with Crippen molar-refractivity contribution in [1.29, 1.82) is 0 Å². The minimum atomic E-state index is -0.210. The average molecular weight is 281 g/mol. The number of aryl methyl sites for hydroxylation is 2. The molecule has 2 aromatic heterocycles. The van der Waals surface area contributed by atoms with Gasteiger partial charge >= 0.3 is 0 Å². The lowest BCUT2D eigenvalue weighted by molar-refractivity contribution is 0.403. The fourth-order valence-corrected chi connectivity index (χ4v) is 2.35. The lowest BCUT2D eigenvalue weighted by Crippen LogP contribution is -2.15. The molecule has 0 spiro atoms. The summed E-state index contributed by atoms with van der Waals surface area (Å²) in [4.78, 5) is 4.02. The highest BCUT2D eigenvalue weighted by atomic mass is 35.5. The van der Waals surface area contributed by atoms with E-state index in [4.69, 9.17) is 22.1 Å². The second-order valence-electron chi connectivity index (χ2n) is 4.41. The summed E-state index contributed by atoms with van der Waals surface area (Å²) >= 11 is 6.22. The highest BCUT2D eigenvalue weighted by Crippen LogP contribution is 2.28. The largest absolute Gasteiger partial charge is 0.495 e. The molecule has 2 rings (SSSR count). The second kappa shape index (κ2) is 5.59. The van der Waals surface area contributed by atoms with E-state index in [2.05, 4.69) is 10.1 Å². The van der Waals surface area contributed by atoms with Crippen molar-refractivity contribution in [2.24, 2.45) is 12.8 Å². The zero-order valence-electron chi connectivity index (χ0n) is 11.2. The zero-order chi connectivity index (χ0) is 14.0. The standard InChI is InChI=1S/C13H17ClN4O/c1-8-10(13(14)18(2)17-8)6-11(15)9-4-5-16-7-12(9)19-3/h4-5,7,11H,6,15H2,1-3H3. The lowest BCUT2D eigenvalue weighted by atomic mass is 10.0. The summed E-state index contributed by atoms with van der Waals surface area (Å²) in [7, 11) is 3.42. The van der Waals surface area contributed by atoms with Crippen molar-refractivity contribution in [2.45, 2.75) is 19.4 Å². The van der Waals surface area contributed by atoms with E-state index in [-0.39, 0.29) is 6.04 Å². The molecule has 0 saturated carbocycles. The zero-order valence-corrected chi connectivity index (χ0v) is 12.0. The molecule has 0 saturated heterocycles.